The molecule has 3 heterocycles. The van der Waals surface area contributed by atoms with E-state index >= 15 is 0 Å². The van der Waals surface area contributed by atoms with Gasteiger partial charge in [0.05, 0.1) is 17.3 Å². The number of nitrogens with one attached hydrogen (secondary N) is 2. The molecule has 0 aliphatic carbocycles. The molecular formula is C40H61N7O3. The van der Waals surface area contributed by atoms with Crippen LogP contribution in [0.15, 0.2) is 54.9 Å². The number of imidazole rings is 1. The number of anilines is 1. The largest absolute Gasteiger partial charge is 0.484 e. The van der Waals surface area contributed by atoms with Gasteiger partial charge in [-0.1, -0.05) is 59.2 Å². The molecule has 0 aliphatic heterocycles. The van der Waals surface area contributed by atoms with Gasteiger partial charge in [-0.05, 0) is 102 Å². The second kappa shape index (κ2) is 16.4. The number of carbonyl (C=O) groups is 1. The number of aromatic nitrogens is 5. The molecule has 0 saturated carbocycles. The molecule has 1 amide bonds. The van der Waals surface area contributed by atoms with Gasteiger partial charge in [0.1, 0.15) is 22.9 Å². The number of benzene rings is 1. The molecule has 4 rings (SSSR count). The standard InChI is InChI=1S/C40H61N7O3/c1-12-28(3)29(4)40(10,11)33-26-47(45-44-33)31(13-2)21-25-50-39(8,9)22-23-41-35(48)27-49-32-19-17-30(18-20-32)36-37(43-38(5,6)7)46-24-15-14-16-34(46)42-36/h14-20,24,26,28-29,31,43H,12-13,21-23,25,27H2,1-11H3,(H,41,48). The molecule has 0 fully saturated rings. The van der Waals surface area contributed by atoms with Crippen molar-refractivity contribution in [2.75, 3.05) is 25.1 Å². The number of nitrogens with zero attached hydrogens (tertiary/aromatic N) is 5. The van der Waals surface area contributed by atoms with Crippen molar-refractivity contribution in [2.45, 2.75) is 124 Å². The first-order chi connectivity index (χ1) is 23.5. The predicted molar refractivity (Wildman–Crippen MR) is 203 cm³/mol. The summed E-state index contributed by atoms with van der Waals surface area (Å²) in [5, 5.41) is 15.7. The van der Waals surface area contributed by atoms with Crippen LogP contribution in [0.25, 0.3) is 16.9 Å². The minimum atomic E-state index is -0.387. The van der Waals surface area contributed by atoms with Crippen LogP contribution in [0.5, 0.6) is 5.75 Å². The van der Waals surface area contributed by atoms with Gasteiger partial charge in [-0.15, -0.1) is 5.10 Å². The highest BCUT2D eigenvalue weighted by atomic mass is 16.5. The summed E-state index contributed by atoms with van der Waals surface area (Å²) in [6.45, 7) is 25.2. The van der Waals surface area contributed by atoms with Crippen LogP contribution in [-0.2, 0) is 14.9 Å². The zero-order chi connectivity index (χ0) is 36.7. The van der Waals surface area contributed by atoms with Crippen molar-refractivity contribution in [2.24, 2.45) is 11.8 Å². The zero-order valence-electron chi connectivity index (χ0n) is 32.3. The highest BCUT2D eigenvalue weighted by Gasteiger charge is 2.34. The molecule has 2 N–H and O–H groups in total. The van der Waals surface area contributed by atoms with Gasteiger partial charge >= 0.3 is 0 Å². The number of amides is 1. The van der Waals surface area contributed by atoms with E-state index in [1.54, 1.807) is 0 Å². The van der Waals surface area contributed by atoms with Gasteiger partial charge < -0.3 is 20.1 Å². The van der Waals surface area contributed by atoms with Crippen molar-refractivity contribution < 1.29 is 14.3 Å². The average Bonchev–Trinajstić information content (AvgIpc) is 3.71. The molecule has 274 valence electrons. The third kappa shape index (κ3) is 10.1. The molecule has 0 bridgehead atoms. The molecule has 4 aromatic rings. The minimum absolute atomic E-state index is 0.0461. The molecule has 3 unspecified atom stereocenters. The summed E-state index contributed by atoms with van der Waals surface area (Å²) in [6, 6.07) is 13.9. The topological polar surface area (TPSA) is 108 Å². The summed E-state index contributed by atoms with van der Waals surface area (Å²) in [4.78, 5) is 17.5. The molecule has 1 aromatic carbocycles. The summed E-state index contributed by atoms with van der Waals surface area (Å²) in [5.74, 6) is 2.51. The Hall–Kier alpha value is -3.92. The van der Waals surface area contributed by atoms with E-state index in [9.17, 15) is 4.79 Å². The average molecular weight is 688 g/mol. The van der Waals surface area contributed by atoms with Crippen LogP contribution in [0.2, 0.25) is 0 Å². The van der Waals surface area contributed by atoms with E-state index in [2.05, 4.69) is 108 Å². The SMILES string of the molecule is CCC(C)C(C)C(C)(C)c1cn(C(CC)CCOC(C)(C)CCNC(=O)COc2ccc(-c3nc4ccccn4c3NC(C)(C)C)cc2)nn1. The van der Waals surface area contributed by atoms with Crippen molar-refractivity contribution in [3.05, 3.63) is 60.6 Å². The van der Waals surface area contributed by atoms with Crippen molar-refractivity contribution in [3.63, 3.8) is 0 Å². The van der Waals surface area contributed by atoms with Gasteiger partial charge in [0.2, 0.25) is 0 Å². The summed E-state index contributed by atoms with van der Waals surface area (Å²) in [5.41, 5.74) is 3.18. The third-order valence-electron chi connectivity index (χ3n) is 10.2. The van der Waals surface area contributed by atoms with E-state index in [1.165, 1.54) is 0 Å². The first-order valence-corrected chi connectivity index (χ1v) is 18.4. The molecule has 0 radical (unpaired) electrons. The highest BCUT2D eigenvalue weighted by molar-refractivity contribution is 5.78. The number of fused-ring (bicyclic) bond motifs is 1. The fraction of sp³-hybridized carbons (Fsp3) is 0.600. The smallest absolute Gasteiger partial charge is 0.257 e. The Labute approximate surface area is 299 Å². The maximum absolute atomic E-state index is 12.6. The number of hydrogen-bond donors (Lipinski definition) is 2. The van der Waals surface area contributed by atoms with Crippen LogP contribution >= 0.6 is 0 Å². The van der Waals surface area contributed by atoms with Crippen LogP contribution in [0.4, 0.5) is 5.82 Å². The number of pyridine rings is 1. The Morgan fingerprint density at radius 2 is 1.68 bits per heavy atom. The van der Waals surface area contributed by atoms with E-state index in [1.807, 2.05) is 53.3 Å². The molecule has 3 atom stereocenters. The number of ether oxygens (including phenoxy) is 2. The predicted octanol–water partition coefficient (Wildman–Crippen LogP) is 8.48. The number of hydrogen-bond acceptors (Lipinski definition) is 7. The lowest BCUT2D eigenvalue weighted by Crippen LogP contribution is -2.35. The fourth-order valence-electron chi connectivity index (χ4n) is 6.20. The normalized spacial score (nSPS) is 14.4. The van der Waals surface area contributed by atoms with Gasteiger partial charge in [-0.3, -0.25) is 9.20 Å². The second-order valence-corrected chi connectivity index (χ2v) is 16.0. The fourth-order valence-corrected chi connectivity index (χ4v) is 6.20. The van der Waals surface area contributed by atoms with Crippen LogP contribution in [-0.4, -0.2) is 61.2 Å². The first kappa shape index (κ1) is 38.9. The molecule has 0 saturated heterocycles. The summed E-state index contributed by atoms with van der Waals surface area (Å²) >= 11 is 0. The van der Waals surface area contributed by atoms with Gasteiger partial charge in [0, 0.05) is 42.1 Å². The summed E-state index contributed by atoms with van der Waals surface area (Å²) in [7, 11) is 0. The second-order valence-electron chi connectivity index (χ2n) is 16.0. The van der Waals surface area contributed by atoms with Crippen LogP contribution in [0, 0.1) is 11.8 Å². The Kier molecular flexibility index (Phi) is 12.8. The van der Waals surface area contributed by atoms with Crippen molar-refractivity contribution in [1.29, 1.82) is 0 Å². The van der Waals surface area contributed by atoms with E-state index < -0.39 is 0 Å². The highest BCUT2D eigenvalue weighted by Crippen LogP contribution is 2.37. The lowest BCUT2D eigenvalue weighted by molar-refractivity contribution is -0.123. The lowest BCUT2D eigenvalue weighted by atomic mass is 9.71. The molecule has 0 spiro atoms. The van der Waals surface area contributed by atoms with E-state index in [-0.39, 0.29) is 35.1 Å². The maximum atomic E-state index is 12.6. The van der Waals surface area contributed by atoms with Crippen LogP contribution in [0.3, 0.4) is 0 Å². The van der Waals surface area contributed by atoms with E-state index in [0.717, 1.165) is 47.7 Å². The molecular weight excluding hydrogens is 626 g/mol. The molecule has 3 aromatic heterocycles. The number of rotatable bonds is 18. The van der Waals surface area contributed by atoms with E-state index in [4.69, 9.17) is 14.5 Å². The first-order valence-electron chi connectivity index (χ1n) is 18.4. The zero-order valence-corrected chi connectivity index (χ0v) is 32.3. The summed E-state index contributed by atoms with van der Waals surface area (Å²) in [6.07, 6.45) is 7.77. The van der Waals surface area contributed by atoms with Crippen molar-refractivity contribution in [1.82, 2.24) is 29.7 Å². The van der Waals surface area contributed by atoms with Gasteiger partial charge in [0.15, 0.2) is 6.61 Å². The molecule has 10 nitrogen and oxygen atoms in total. The molecule has 10 heteroatoms. The molecule has 50 heavy (non-hydrogen) atoms. The Morgan fingerprint density at radius 1 is 0.960 bits per heavy atom. The third-order valence-corrected chi connectivity index (χ3v) is 10.2. The Bertz CT molecular complexity index is 1670. The van der Waals surface area contributed by atoms with Gasteiger partial charge in [-0.25, -0.2) is 9.67 Å². The van der Waals surface area contributed by atoms with Gasteiger partial charge in [-0.2, -0.15) is 0 Å². The lowest BCUT2D eigenvalue weighted by Gasteiger charge is -2.34. The van der Waals surface area contributed by atoms with Crippen molar-refractivity contribution in [3.8, 4) is 17.0 Å². The van der Waals surface area contributed by atoms with Crippen LogP contribution in [0.1, 0.15) is 114 Å². The monoisotopic (exact) mass is 687 g/mol. The van der Waals surface area contributed by atoms with Crippen molar-refractivity contribution >= 4 is 17.4 Å². The van der Waals surface area contributed by atoms with Gasteiger partial charge in [0.25, 0.3) is 5.91 Å². The quantitative estimate of drug-likeness (QED) is 0.108. The van der Waals surface area contributed by atoms with E-state index in [0.29, 0.717) is 37.2 Å². The number of carbonyl (C=O) groups excluding carboxylic acids is 1. The maximum Gasteiger partial charge on any atom is 0.257 e. The summed E-state index contributed by atoms with van der Waals surface area (Å²) < 4.78 is 16.2. The molecule has 0 aliphatic rings. The van der Waals surface area contributed by atoms with Crippen LogP contribution < -0.4 is 15.4 Å². The minimum Gasteiger partial charge on any atom is -0.484 e. The Balaban J connectivity index is 1.22. The Morgan fingerprint density at radius 3 is 2.34 bits per heavy atom.